The molecule has 1 heterocycles. The number of anilines is 1. The van der Waals surface area contributed by atoms with Gasteiger partial charge in [-0.3, -0.25) is 9.59 Å². The molecule has 0 aliphatic carbocycles. The van der Waals surface area contributed by atoms with Gasteiger partial charge in [0.25, 0.3) is 11.8 Å². The van der Waals surface area contributed by atoms with Crippen molar-refractivity contribution >= 4 is 55.5 Å². The van der Waals surface area contributed by atoms with Gasteiger partial charge in [0.15, 0.2) is 6.61 Å². The first-order valence-electron chi connectivity index (χ1n) is 8.89. The van der Waals surface area contributed by atoms with Crippen molar-refractivity contribution < 1.29 is 19.1 Å². The van der Waals surface area contributed by atoms with Crippen molar-refractivity contribution in [1.29, 1.82) is 0 Å². The summed E-state index contributed by atoms with van der Waals surface area (Å²) in [5.74, 6) is -1.13. The minimum Gasteiger partial charge on any atom is -0.454 e. The fraction of sp³-hybridized carbons (Fsp3) is 0.300. The summed E-state index contributed by atoms with van der Waals surface area (Å²) in [6, 6.07) is 9.47. The van der Waals surface area contributed by atoms with Gasteiger partial charge in [0.1, 0.15) is 11.9 Å². The molecule has 0 radical (unpaired) electrons. The van der Waals surface area contributed by atoms with Gasteiger partial charge in [-0.1, -0.05) is 32.0 Å². The van der Waals surface area contributed by atoms with E-state index < -0.39 is 24.5 Å². The highest BCUT2D eigenvalue weighted by atomic mass is 79.9. The monoisotopic (exact) mass is 525 g/mol. The van der Waals surface area contributed by atoms with Crippen LogP contribution in [-0.2, 0) is 14.3 Å². The third kappa shape index (κ3) is 7.58. The Hall–Kier alpha value is -2.26. The van der Waals surface area contributed by atoms with Crippen molar-refractivity contribution in [2.45, 2.75) is 26.3 Å². The predicted octanol–water partition coefficient (Wildman–Crippen LogP) is 3.93. The summed E-state index contributed by atoms with van der Waals surface area (Å²) in [6.07, 6.45) is 1.92. The van der Waals surface area contributed by atoms with Crippen LogP contribution in [0.4, 0.5) is 5.82 Å². The molecule has 0 fully saturated rings. The number of esters is 1. The summed E-state index contributed by atoms with van der Waals surface area (Å²) in [5.41, 5.74) is 0.443. The van der Waals surface area contributed by atoms with E-state index in [1.807, 2.05) is 13.8 Å². The third-order valence-electron chi connectivity index (χ3n) is 3.74. The summed E-state index contributed by atoms with van der Waals surface area (Å²) in [6.45, 7) is 3.37. The maximum absolute atomic E-state index is 12.5. The zero-order chi connectivity index (χ0) is 21.4. The molecule has 2 amide bonds. The Balaban J connectivity index is 1.94. The molecule has 1 aromatic heterocycles. The van der Waals surface area contributed by atoms with Gasteiger partial charge in [-0.15, -0.1) is 0 Å². The standard InChI is InChI=1S/C20H21Br2N3O4/c1-12(2)8-16(24-19(27)13-6-4-3-5-7-13)20(28)29-11-17(26)25-18-15(22)9-14(21)10-23-18/h3-7,9-10,12,16H,8,11H2,1-2H3,(H,24,27)(H,23,25,26)/t16-/m0/s1. The van der Waals surface area contributed by atoms with Gasteiger partial charge in [-0.2, -0.15) is 0 Å². The minimum absolute atomic E-state index is 0.139. The van der Waals surface area contributed by atoms with Gasteiger partial charge in [-0.05, 0) is 62.4 Å². The lowest BCUT2D eigenvalue weighted by Crippen LogP contribution is -2.43. The number of aromatic nitrogens is 1. The molecule has 154 valence electrons. The van der Waals surface area contributed by atoms with Crippen molar-refractivity contribution in [3.05, 3.63) is 57.1 Å². The van der Waals surface area contributed by atoms with Gasteiger partial charge in [0, 0.05) is 16.2 Å². The number of nitrogens with one attached hydrogen (secondary N) is 2. The average Bonchev–Trinajstić information content (AvgIpc) is 2.68. The number of hydrogen-bond donors (Lipinski definition) is 2. The topological polar surface area (TPSA) is 97.4 Å². The molecule has 0 bridgehead atoms. The zero-order valence-corrected chi connectivity index (χ0v) is 19.1. The molecule has 2 N–H and O–H groups in total. The second kappa shape index (κ2) is 11.1. The van der Waals surface area contributed by atoms with Gasteiger partial charge in [-0.25, -0.2) is 9.78 Å². The predicted molar refractivity (Wildman–Crippen MR) is 116 cm³/mol. The van der Waals surface area contributed by atoms with Crippen LogP contribution in [0.25, 0.3) is 0 Å². The summed E-state index contributed by atoms with van der Waals surface area (Å²) >= 11 is 6.57. The number of amides is 2. The third-order valence-corrected chi connectivity index (χ3v) is 4.78. The van der Waals surface area contributed by atoms with Gasteiger partial charge < -0.3 is 15.4 Å². The van der Waals surface area contributed by atoms with E-state index in [1.54, 1.807) is 36.4 Å². The number of benzene rings is 1. The lowest BCUT2D eigenvalue weighted by Gasteiger charge is -2.19. The van der Waals surface area contributed by atoms with Crippen molar-refractivity contribution in [3.8, 4) is 0 Å². The number of rotatable bonds is 8. The van der Waals surface area contributed by atoms with E-state index in [9.17, 15) is 14.4 Å². The molecule has 0 spiro atoms. The van der Waals surface area contributed by atoms with Crippen LogP contribution in [0.15, 0.2) is 51.5 Å². The SMILES string of the molecule is CC(C)C[C@H](NC(=O)c1ccccc1)C(=O)OCC(=O)Nc1ncc(Br)cc1Br. The van der Waals surface area contributed by atoms with Crippen molar-refractivity contribution in [2.75, 3.05) is 11.9 Å². The summed E-state index contributed by atoms with van der Waals surface area (Å²) < 4.78 is 6.45. The molecular formula is C20H21Br2N3O4. The lowest BCUT2D eigenvalue weighted by atomic mass is 10.0. The molecule has 1 atom stereocenters. The maximum Gasteiger partial charge on any atom is 0.329 e. The highest BCUT2D eigenvalue weighted by molar-refractivity contribution is 9.11. The van der Waals surface area contributed by atoms with E-state index in [-0.39, 0.29) is 11.8 Å². The van der Waals surface area contributed by atoms with Crippen LogP contribution in [0.3, 0.4) is 0 Å². The molecular weight excluding hydrogens is 506 g/mol. The Morgan fingerprint density at radius 2 is 1.83 bits per heavy atom. The number of hydrogen-bond acceptors (Lipinski definition) is 5. The number of nitrogens with zero attached hydrogens (tertiary/aromatic N) is 1. The van der Waals surface area contributed by atoms with Gasteiger partial charge in [0.2, 0.25) is 0 Å². The van der Waals surface area contributed by atoms with Crippen molar-refractivity contribution in [2.24, 2.45) is 5.92 Å². The number of halogens is 2. The molecule has 0 aliphatic heterocycles. The van der Waals surface area contributed by atoms with Crippen LogP contribution >= 0.6 is 31.9 Å². The molecule has 1 aromatic carbocycles. The van der Waals surface area contributed by atoms with Crippen LogP contribution in [0.2, 0.25) is 0 Å². The average molecular weight is 527 g/mol. The molecule has 2 aromatic rings. The first-order chi connectivity index (χ1) is 13.8. The number of ether oxygens (including phenoxy) is 1. The fourth-order valence-electron chi connectivity index (χ4n) is 2.43. The summed E-state index contributed by atoms with van der Waals surface area (Å²) in [4.78, 5) is 41.0. The molecule has 0 aliphatic rings. The first kappa shape index (κ1) is 23.0. The molecule has 0 saturated heterocycles. The second-order valence-electron chi connectivity index (χ2n) is 6.66. The number of pyridine rings is 1. The fourth-order valence-corrected chi connectivity index (χ4v) is 3.52. The van der Waals surface area contributed by atoms with E-state index in [0.717, 1.165) is 4.47 Å². The Morgan fingerprint density at radius 1 is 1.14 bits per heavy atom. The lowest BCUT2D eigenvalue weighted by molar-refractivity contribution is -0.149. The van der Waals surface area contributed by atoms with E-state index in [0.29, 0.717) is 22.3 Å². The molecule has 0 unspecified atom stereocenters. The molecule has 0 saturated carbocycles. The summed E-state index contributed by atoms with van der Waals surface area (Å²) in [5, 5.41) is 5.24. The van der Waals surface area contributed by atoms with E-state index >= 15 is 0 Å². The first-order valence-corrected chi connectivity index (χ1v) is 10.5. The smallest absolute Gasteiger partial charge is 0.329 e. The molecule has 29 heavy (non-hydrogen) atoms. The quantitative estimate of drug-likeness (QED) is 0.508. The Bertz CT molecular complexity index is 875. The molecule has 2 rings (SSSR count). The van der Waals surface area contributed by atoms with E-state index in [2.05, 4.69) is 47.5 Å². The Morgan fingerprint density at radius 3 is 2.45 bits per heavy atom. The van der Waals surface area contributed by atoms with Crippen LogP contribution in [0.5, 0.6) is 0 Å². The normalized spacial score (nSPS) is 11.6. The van der Waals surface area contributed by atoms with Crippen LogP contribution < -0.4 is 10.6 Å². The second-order valence-corrected chi connectivity index (χ2v) is 8.43. The minimum atomic E-state index is -0.854. The van der Waals surface area contributed by atoms with Crippen LogP contribution in [-0.4, -0.2) is 35.4 Å². The van der Waals surface area contributed by atoms with Gasteiger partial charge >= 0.3 is 5.97 Å². The molecule has 7 nitrogen and oxygen atoms in total. The number of carbonyl (C=O) groups excluding carboxylic acids is 3. The molecule has 9 heteroatoms. The van der Waals surface area contributed by atoms with Crippen LogP contribution in [0, 0.1) is 5.92 Å². The van der Waals surface area contributed by atoms with Gasteiger partial charge in [0.05, 0.1) is 4.47 Å². The Labute approximate surface area is 185 Å². The highest BCUT2D eigenvalue weighted by Crippen LogP contribution is 2.23. The van der Waals surface area contributed by atoms with E-state index in [1.165, 1.54) is 6.20 Å². The van der Waals surface area contributed by atoms with E-state index in [4.69, 9.17) is 4.74 Å². The largest absolute Gasteiger partial charge is 0.454 e. The summed E-state index contributed by atoms with van der Waals surface area (Å²) in [7, 11) is 0. The highest BCUT2D eigenvalue weighted by Gasteiger charge is 2.24. The zero-order valence-electron chi connectivity index (χ0n) is 15.9. The maximum atomic E-state index is 12.5. The van der Waals surface area contributed by atoms with Crippen molar-refractivity contribution in [1.82, 2.24) is 10.3 Å². The number of carbonyl (C=O) groups is 3. The Kier molecular flexibility index (Phi) is 8.78. The van der Waals surface area contributed by atoms with Crippen molar-refractivity contribution in [3.63, 3.8) is 0 Å². The van der Waals surface area contributed by atoms with Crippen LogP contribution in [0.1, 0.15) is 30.6 Å².